The molecule has 1 aromatic carbocycles. The van der Waals surface area contributed by atoms with Gasteiger partial charge in [-0.3, -0.25) is 0 Å². The highest BCUT2D eigenvalue weighted by Crippen LogP contribution is 2.24. The highest BCUT2D eigenvalue weighted by molar-refractivity contribution is 5.50. The molecule has 2 heterocycles. The number of piperidine rings is 1. The normalized spacial score (nSPS) is 17.2. The summed E-state index contributed by atoms with van der Waals surface area (Å²) in [6.45, 7) is -1.16. The molecule has 0 bridgehead atoms. The maximum absolute atomic E-state index is 12.2. The number of aromatic nitrogens is 2. The van der Waals surface area contributed by atoms with Gasteiger partial charge in [-0.25, -0.2) is 9.97 Å². The van der Waals surface area contributed by atoms with Crippen molar-refractivity contribution in [1.29, 1.82) is 5.26 Å². The smallest absolute Gasteiger partial charge is 0.387 e. The van der Waals surface area contributed by atoms with Gasteiger partial charge in [-0.2, -0.15) is 14.0 Å². The molecule has 130 valence electrons. The summed E-state index contributed by atoms with van der Waals surface area (Å²) in [5, 5.41) is 12.1. The maximum Gasteiger partial charge on any atom is 0.387 e. The minimum Gasteiger partial charge on any atom is -0.435 e. The van der Waals surface area contributed by atoms with Crippen molar-refractivity contribution >= 4 is 11.5 Å². The molecule has 6 nitrogen and oxygen atoms in total. The van der Waals surface area contributed by atoms with Crippen molar-refractivity contribution in [2.75, 3.05) is 23.3 Å². The van der Waals surface area contributed by atoms with E-state index in [9.17, 15) is 8.78 Å². The van der Waals surface area contributed by atoms with Crippen molar-refractivity contribution in [2.24, 2.45) is 0 Å². The lowest BCUT2D eigenvalue weighted by Gasteiger charge is -2.35. The largest absolute Gasteiger partial charge is 0.435 e. The first kappa shape index (κ1) is 16.9. The van der Waals surface area contributed by atoms with E-state index in [2.05, 4.69) is 24.9 Å². The summed E-state index contributed by atoms with van der Waals surface area (Å²) in [5.41, 5.74) is 1.24. The second-order valence-electron chi connectivity index (χ2n) is 5.70. The van der Waals surface area contributed by atoms with Crippen molar-refractivity contribution in [2.45, 2.75) is 25.5 Å². The molecule has 0 aliphatic carbocycles. The van der Waals surface area contributed by atoms with Gasteiger partial charge in [-0.1, -0.05) is 0 Å². The predicted molar refractivity (Wildman–Crippen MR) is 88.7 cm³/mol. The predicted octanol–water partition coefficient (Wildman–Crippen LogP) is 3.03. The number of hydrogen-bond acceptors (Lipinski definition) is 6. The van der Waals surface area contributed by atoms with Crippen LogP contribution in [0.4, 0.5) is 20.3 Å². The summed E-state index contributed by atoms with van der Waals surface area (Å²) in [6.07, 6.45) is 4.97. The molecule has 1 atom stereocenters. The van der Waals surface area contributed by atoms with E-state index in [1.165, 1.54) is 6.20 Å². The van der Waals surface area contributed by atoms with Crippen molar-refractivity contribution < 1.29 is 13.5 Å². The summed E-state index contributed by atoms with van der Waals surface area (Å²) in [7, 11) is 0. The fraction of sp³-hybridized carbons (Fsp3) is 0.353. The first-order valence-corrected chi connectivity index (χ1v) is 7.92. The Kier molecular flexibility index (Phi) is 5.23. The molecule has 0 amide bonds. The van der Waals surface area contributed by atoms with Gasteiger partial charge in [-0.15, -0.1) is 0 Å². The molecule has 0 radical (unpaired) electrons. The van der Waals surface area contributed by atoms with Gasteiger partial charge >= 0.3 is 6.61 Å². The van der Waals surface area contributed by atoms with Crippen LogP contribution < -0.4 is 15.0 Å². The summed E-state index contributed by atoms with van der Waals surface area (Å²) < 4.78 is 28.8. The zero-order chi connectivity index (χ0) is 17.6. The Balaban J connectivity index is 1.61. The third-order valence-electron chi connectivity index (χ3n) is 3.97. The van der Waals surface area contributed by atoms with Crippen LogP contribution in [0, 0.1) is 11.3 Å². The van der Waals surface area contributed by atoms with Gasteiger partial charge in [0, 0.05) is 24.8 Å². The first-order valence-electron chi connectivity index (χ1n) is 7.92. The van der Waals surface area contributed by atoms with Gasteiger partial charge in [0.1, 0.15) is 17.6 Å². The van der Waals surface area contributed by atoms with E-state index in [-0.39, 0.29) is 17.5 Å². The van der Waals surface area contributed by atoms with Gasteiger partial charge in [0.2, 0.25) is 0 Å². The highest BCUT2D eigenvalue weighted by atomic mass is 19.3. The fourth-order valence-electron chi connectivity index (χ4n) is 2.84. The maximum atomic E-state index is 12.2. The molecule has 1 fully saturated rings. The van der Waals surface area contributed by atoms with E-state index in [1.807, 2.05) is 6.07 Å². The second-order valence-corrected chi connectivity index (χ2v) is 5.70. The summed E-state index contributed by atoms with van der Waals surface area (Å²) in [6, 6.07) is 8.78. The average Bonchev–Trinajstić information content (AvgIpc) is 2.63. The van der Waals surface area contributed by atoms with Crippen LogP contribution in [0.5, 0.6) is 5.75 Å². The third kappa shape index (κ3) is 4.53. The SMILES string of the molecule is N#Cc1cnc(NC2CCCN(c3ccc(OC(F)F)cc3)C2)cn1. The average molecular weight is 345 g/mol. The van der Waals surface area contributed by atoms with E-state index in [0.29, 0.717) is 5.82 Å². The zero-order valence-electron chi connectivity index (χ0n) is 13.4. The molecule has 1 aliphatic rings. The quantitative estimate of drug-likeness (QED) is 0.898. The Labute approximate surface area is 144 Å². The number of rotatable bonds is 5. The van der Waals surface area contributed by atoms with Crippen LogP contribution in [-0.4, -0.2) is 35.7 Å². The zero-order valence-corrected chi connectivity index (χ0v) is 13.4. The molecule has 0 spiro atoms. The van der Waals surface area contributed by atoms with Gasteiger partial charge in [-0.05, 0) is 37.1 Å². The summed E-state index contributed by atoms with van der Waals surface area (Å²) >= 11 is 0. The number of anilines is 2. The van der Waals surface area contributed by atoms with Crippen molar-refractivity contribution in [3.63, 3.8) is 0 Å². The molecular weight excluding hydrogens is 328 g/mol. The second kappa shape index (κ2) is 7.75. The van der Waals surface area contributed by atoms with E-state index >= 15 is 0 Å². The van der Waals surface area contributed by atoms with Gasteiger partial charge in [0.05, 0.1) is 12.4 Å². The van der Waals surface area contributed by atoms with E-state index in [0.717, 1.165) is 31.6 Å². The lowest BCUT2D eigenvalue weighted by molar-refractivity contribution is -0.0498. The molecule has 25 heavy (non-hydrogen) atoms. The topological polar surface area (TPSA) is 74.1 Å². The summed E-state index contributed by atoms with van der Waals surface area (Å²) in [5.74, 6) is 0.782. The molecule has 1 N–H and O–H groups in total. The standard InChI is InChI=1S/C17H17F2N5O/c18-17(19)25-15-5-3-14(4-6-15)24-7-1-2-12(11-24)23-16-10-21-13(8-20)9-22-16/h3-6,9-10,12,17H,1-2,7,11H2,(H,22,23). The molecule has 1 saturated heterocycles. The fourth-order valence-corrected chi connectivity index (χ4v) is 2.84. The van der Waals surface area contributed by atoms with Crippen molar-refractivity contribution in [3.05, 3.63) is 42.4 Å². The molecular formula is C17H17F2N5O. The van der Waals surface area contributed by atoms with Crippen LogP contribution in [0.2, 0.25) is 0 Å². The Morgan fingerprint density at radius 3 is 2.68 bits per heavy atom. The van der Waals surface area contributed by atoms with E-state index < -0.39 is 6.61 Å². The monoisotopic (exact) mass is 345 g/mol. The lowest BCUT2D eigenvalue weighted by atomic mass is 10.0. The Morgan fingerprint density at radius 1 is 1.24 bits per heavy atom. The van der Waals surface area contributed by atoms with Crippen LogP contribution in [-0.2, 0) is 0 Å². The van der Waals surface area contributed by atoms with E-state index in [4.69, 9.17) is 5.26 Å². The van der Waals surface area contributed by atoms with Gasteiger partial charge < -0.3 is 15.0 Å². The summed E-state index contributed by atoms with van der Waals surface area (Å²) in [4.78, 5) is 10.4. The first-order chi connectivity index (χ1) is 12.1. The molecule has 2 aromatic rings. The lowest BCUT2D eigenvalue weighted by Crippen LogP contribution is -2.42. The number of nitrogens with zero attached hydrogens (tertiary/aromatic N) is 4. The molecule has 1 aromatic heterocycles. The van der Waals surface area contributed by atoms with E-state index in [1.54, 1.807) is 30.5 Å². The number of alkyl halides is 2. The van der Waals surface area contributed by atoms with Crippen LogP contribution in [0.15, 0.2) is 36.7 Å². The number of benzene rings is 1. The Morgan fingerprint density at radius 2 is 2.04 bits per heavy atom. The number of nitrogens with one attached hydrogen (secondary N) is 1. The minimum absolute atomic E-state index is 0.151. The van der Waals surface area contributed by atoms with Crippen LogP contribution >= 0.6 is 0 Å². The molecule has 1 unspecified atom stereocenters. The van der Waals surface area contributed by atoms with Gasteiger partial charge in [0.15, 0.2) is 5.69 Å². The van der Waals surface area contributed by atoms with Crippen molar-refractivity contribution in [1.82, 2.24) is 9.97 Å². The number of nitriles is 1. The number of ether oxygens (including phenoxy) is 1. The van der Waals surface area contributed by atoms with Crippen LogP contribution in [0.25, 0.3) is 0 Å². The van der Waals surface area contributed by atoms with Crippen molar-refractivity contribution in [3.8, 4) is 11.8 Å². The van der Waals surface area contributed by atoms with Crippen LogP contribution in [0.3, 0.4) is 0 Å². The third-order valence-corrected chi connectivity index (χ3v) is 3.97. The Hall–Kier alpha value is -2.95. The van der Waals surface area contributed by atoms with Gasteiger partial charge in [0.25, 0.3) is 0 Å². The molecule has 1 aliphatic heterocycles. The number of halogens is 2. The molecule has 8 heteroatoms. The molecule has 3 rings (SSSR count). The Bertz CT molecular complexity index is 730. The minimum atomic E-state index is -2.82. The van der Waals surface area contributed by atoms with Crippen LogP contribution in [0.1, 0.15) is 18.5 Å². The number of hydrogen-bond donors (Lipinski definition) is 1. The highest BCUT2D eigenvalue weighted by Gasteiger charge is 2.20. The molecule has 0 saturated carbocycles.